The first-order valence-electron chi connectivity index (χ1n) is 13.1. The molecule has 1 saturated heterocycles. The van der Waals surface area contributed by atoms with Crippen LogP contribution in [0.2, 0.25) is 0 Å². The fourth-order valence-corrected chi connectivity index (χ4v) is 5.41. The molecule has 36 heavy (non-hydrogen) atoms. The Balaban J connectivity index is 1.27. The third-order valence-electron chi connectivity index (χ3n) is 7.79. The van der Waals surface area contributed by atoms with Gasteiger partial charge in [-0.05, 0) is 61.8 Å². The lowest BCUT2D eigenvalue weighted by atomic mass is 9.79. The van der Waals surface area contributed by atoms with Crippen LogP contribution in [0, 0.1) is 17.8 Å². The average molecular weight is 491 g/mol. The number of rotatable bonds is 8. The Morgan fingerprint density at radius 3 is 2.31 bits per heavy atom. The Hall–Kier alpha value is -2.96. The van der Waals surface area contributed by atoms with Crippen LogP contribution >= 0.6 is 0 Å². The molecule has 2 aliphatic rings. The summed E-state index contributed by atoms with van der Waals surface area (Å²) in [5, 5.41) is 14.4. The largest absolute Gasteiger partial charge is 0.465 e. The Morgan fingerprint density at radius 1 is 1.06 bits per heavy atom. The molecule has 6 unspecified atom stereocenters. The summed E-state index contributed by atoms with van der Waals surface area (Å²) in [4.78, 5) is 26.0. The Morgan fingerprint density at radius 2 is 1.69 bits per heavy atom. The quantitative estimate of drug-likeness (QED) is 0.196. The second kappa shape index (κ2) is 10.6. The molecule has 3 aromatic carbocycles. The van der Waals surface area contributed by atoms with E-state index in [1.54, 1.807) is 0 Å². The fourth-order valence-electron chi connectivity index (χ4n) is 5.41. The Kier molecular flexibility index (Phi) is 7.26. The molecule has 0 spiro atoms. The first-order chi connectivity index (χ1) is 17.4. The maximum absolute atomic E-state index is 13.4. The lowest BCUT2D eigenvalue weighted by molar-refractivity contribution is -0.152. The molecule has 1 aliphatic carbocycles. The molecule has 0 aromatic heterocycles. The number of hydrogen-bond acceptors (Lipinski definition) is 6. The molecule has 5 rings (SSSR count). The zero-order valence-electron chi connectivity index (χ0n) is 20.9. The summed E-state index contributed by atoms with van der Waals surface area (Å²) < 4.78 is 17.1. The Labute approximate surface area is 211 Å². The highest BCUT2D eigenvalue weighted by Gasteiger charge is 2.39. The molecule has 1 saturated carbocycles. The van der Waals surface area contributed by atoms with Gasteiger partial charge in [-0.15, -0.1) is 0 Å². The summed E-state index contributed by atoms with van der Waals surface area (Å²) in [6.45, 7) is 4.25. The number of esters is 2. The zero-order valence-corrected chi connectivity index (χ0v) is 20.9. The third-order valence-corrected chi connectivity index (χ3v) is 7.79. The van der Waals surface area contributed by atoms with Crippen LogP contribution in [0.5, 0.6) is 5.75 Å². The van der Waals surface area contributed by atoms with Gasteiger partial charge in [-0.3, -0.25) is 9.59 Å². The minimum absolute atomic E-state index is 0.00719. The van der Waals surface area contributed by atoms with Crippen molar-refractivity contribution in [3.63, 3.8) is 0 Å². The van der Waals surface area contributed by atoms with Gasteiger partial charge in [0.05, 0.1) is 36.8 Å². The molecule has 1 aliphatic heterocycles. The molecule has 6 atom stereocenters. The molecule has 2 fully saturated rings. The van der Waals surface area contributed by atoms with Crippen molar-refractivity contribution in [3.05, 3.63) is 54.6 Å². The number of aliphatic hydroxyl groups excluding tert-OH is 1. The number of fused-ring (bicyclic) bond motifs is 2. The molecule has 0 radical (unpaired) electrons. The van der Waals surface area contributed by atoms with Crippen LogP contribution < -0.4 is 4.74 Å². The zero-order chi connectivity index (χ0) is 25.2. The minimum Gasteiger partial charge on any atom is -0.465 e. The van der Waals surface area contributed by atoms with Crippen molar-refractivity contribution in [3.8, 4) is 5.75 Å². The van der Waals surface area contributed by atoms with Crippen LogP contribution in [0.1, 0.15) is 46.0 Å². The van der Waals surface area contributed by atoms with Crippen molar-refractivity contribution in [2.24, 2.45) is 17.8 Å². The summed E-state index contributed by atoms with van der Waals surface area (Å²) in [7, 11) is 0. The van der Waals surface area contributed by atoms with Gasteiger partial charge in [0, 0.05) is 10.8 Å². The molecule has 0 amide bonds. The number of hydrogen-bond donors (Lipinski definition) is 1. The van der Waals surface area contributed by atoms with E-state index in [2.05, 4.69) is 6.07 Å². The molecule has 1 heterocycles. The van der Waals surface area contributed by atoms with E-state index < -0.39 is 18.0 Å². The van der Waals surface area contributed by atoms with Gasteiger partial charge in [0.25, 0.3) is 0 Å². The fraction of sp³-hybridized carbons (Fsp3) is 0.467. The van der Waals surface area contributed by atoms with Crippen LogP contribution in [-0.2, 0) is 19.1 Å². The van der Waals surface area contributed by atoms with Crippen molar-refractivity contribution >= 4 is 33.5 Å². The predicted molar refractivity (Wildman–Crippen MR) is 138 cm³/mol. The maximum atomic E-state index is 13.4. The van der Waals surface area contributed by atoms with E-state index in [-0.39, 0.29) is 36.6 Å². The van der Waals surface area contributed by atoms with E-state index in [0.717, 1.165) is 21.5 Å². The molecule has 3 aromatic rings. The summed E-state index contributed by atoms with van der Waals surface area (Å²) in [6.07, 6.45) is 2.60. The van der Waals surface area contributed by atoms with Crippen molar-refractivity contribution in [1.82, 2.24) is 0 Å². The third kappa shape index (κ3) is 5.25. The van der Waals surface area contributed by atoms with Gasteiger partial charge in [0.2, 0.25) is 0 Å². The Bertz CT molecular complexity index is 1200. The first kappa shape index (κ1) is 24.7. The van der Waals surface area contributed by atoms with E-state index >= 15 is 0 Å². The van der Waals surface area contributed by atoms with E-state index in [1.807, 2.05) is 62.4 Å². The number of carbonyl (C=O) groups is 2. The van der Waals surface area contributed by atoms with Crippen LogP contribution in [0.3, 0.4) is 0 Å². The summed E-state index contributed by atoms with van der Waals surface area (Å²) >= 11 is 0. The van der Waals surface area contributed by atoms with E-state index in [4.69, 9.17) is 14.2 Å². The van der Waals surface area contributed by atoms with Crippen molar-refractivity contribution in [1.29, 1.82) is 0 Å². The topological polar surface area (TPSA) is 85.4 Å². The van der Waals surface area contributed by atoms with Gasteiger partial charge in [-0.1, -0.05) is 55.5 Å². The van der Waals surface area contributed by atoms with Gasteiger partial charge >= 0.3 is 11.9 Å². The smallest absolute Gasteiger partial charge is 0.317 e. The summed E-state index contributed by atoms with van der Waals surface area (Å²) in [6, 6.07) is 17.7. The normalized spacial score (nSPS) is 26.5. The van der Waals surface area contributed by atoms with Crippen molar-refractivity contribution < 1.29 is 28.9 Å². The second-order valence-corrected chi connectivity index (χ2v) is 10.3. The molecular formula is C30H34O6. The average Bonchev–Trinajstić information content (AvgIpc) is 3.60. The van der Waals surface area contributed by atoms with Gasteiger partial charge < -0.3 is 19.3 Å². The van der Waals surface area contributed by atoms with Crippen LogP contribution in [0.15, 0.2) is 54.6 Å². The number of benzene rings is 3. The highest BCUT2D eigenvalue weighted by Crippen LogP contribution is 2.37. The molecule has 1 N–H and O–H groups in total. The number of carbonyl (C=O) groups excluding carboxylic acids is 2. The minimum atomic E-state index is -0.775. The van der Waals surface area contributed by atoms with Crippen molar-refractivity contribution in [2.45, 2.75) is 64.3 Å². The van der Waals surface area contributed by atoms with E-state index in [0.29, 0.717) is 37.9 Å². The highest BCUT2D eigenvalue weighted by molar-refractivity contribution is 6.06. The maximum Gasteiger partial charge on any atom is 0.317 e. The lowest BCUT2D eigenvalue weighted by Crippen LogP contribution is -2.38. The number of ether oxygens (including phenoxy) is 3. The van der Waals surface area contributed by atoms with Gasteiger partial charge in [0.15, 0.2) is 0 Å². The van der Waals surface area contributed by atoms with Crippen LogP contribution in [0.4, 0.5) is 0 Å². The second-order valence-electron chi connectivity index (χ2n) is 10.3. The van der Waals surface area contributed by atoms with Crippen molar-refractivity contribution in [2.75, 3.05) is 6.61 Å². The lowest BCUT2D eigenvalue weighted by Gasteiger charge is -2.32. The molecule has 6 nitrogen and oxygen atoms in total. The summed E-state index contributed by atoms with van der Waals surface area (Å²) in [5.74, 6) is -0.944. The number of aliphatic hydroxyl groups is 1. The van der Waals surface area contributed by atoms with E-state index in [9.17, 15) is 14.7 Å². The molecule has 190 valence electrons. The van der Waals surface area contributed by atoms with Crippen LogP contribution in [0.25, 0.3) is 21.5 Å². The van der Waals surface area contributed by atoms with Crippen LogP contribution in [-0.4, -0.2) is 42.0 Å². The molecule has 0 bridgehead atoms. The molecular weight excluding hydrogens is 456 g/mol. The monoisotopic (exact) mass is 490 g/mol. The predicted octanol–water partition coefficient (Wildman–Crippen LogP) is 5.42. The highest BCUT2D eigenvalue weighted by atomic mass is 16.6. The van der Waals surface area contributed by atoms with Gasteiger partial charge in [-0.25, -0.2) is 0 Å². The SMILES string of the molecule is CCC(CC1OC1C)C(=O)OCC1CCC(O)C(C(=O)Oc2c3ccccc3cc3ccccc23)C1. The molecule has 6 heteroatoms. The number of epoxide rings is 1. The standard InChI is InChI=1S/C30H34O6/c1-3-20(16-27-18(2)35-27)29(32)34-17-19-12-13-26(31)25(14-19)30(33)36-28-23-10-6-4-8-21(23)15-22-9-5-7-11-24(22)28/h4-11,15,18-20,25-27,31H,3,12-14,16-17H2,1-2H3. The van der Waals surface area contributed by atoms with Gasteiger partial charge in [-0.2, -0.15) is 0 Å². The van der Waals surface area contributed by atoms with Gasteiger partial charge in [0.1, 0.15) is 5.75 Å². The van der Waals surface area contributed by atoms with E-state index in [1.165, 1.54) is 0 Å². The summed E-state index contributed by atoms with van der Waals surface area (Å²) in [5.41, 5.74) is 0. The first-order valence-corrected chi connectivity index (χ1v) is 13.1.